The summed E-state index contributed by atoms with van der Waals surface area (Å²) in [4.78, 5) is 0. The zero-order valence-corrected chi connectivity index (χ0v) is 11.0. The number of halogens is 2. The molecule has 1 aromatic carbocycles. The van der Waals surface area contributed by atoms with E-state index >= 15 is 0 Å². The molecule has 2 heteroatoms. The summed E-state index contributed by atoms with van der Waals surface area (Å²) in [6, 6.07) is 3.91. The van der Waals surface area contributed by atoms with Crippen molar-refractivity contribution in [2.24, 2.45) is 0 Å². The first-order chi connectivity index (χ1) is 8.60. The van der Waals surface area contributed by atoms with Crippen LogP contribution < -0.4 is 0 Å². The molecule has 0 aliphatic heterocycles. The second-order valence-corrected chi connectivity index (χ2v) is 4.09. The first kappa shape index (κ1) is 14.4. The minimum absolute atomic E-state index is 0.0238. The predicted octanol–water partition coefficient (Wildman–Crippen LogP) is 5.28. The summed E-state index contributed by atoms with van der Waals surface area (Å²) in [6.45, 7) is 5.85. The summed E-state index contributed by atoms with van der Waals surface area (Å²) in [7, 11) is 0. The van der Waals surface area contributed by atoms with Crippen LogP contribution in [0.5, 0.6) is 0 Å². The molecule has 0 fully saturated rings. The summed E-state index contributed by atoms with van der Waals surface area (Å²) in [5, 5.41) is 0. The summed E-state index contributed by atoms with van der Waals surface area (Å²) >= 11 is 0. The number of benzene rings is 1. The van der Waals surface area contributed by atoms with Crippen LogP contribution in [0.4, 0.5) is 8.78 Å². The Morgan fingerprint density at radius 2 is 1.78 bits per heavy atom. The Kier molecular flexibility index (Phi) is 5.50. The quantitative estimate of drug-likeness (QED) is 0.636. The molecule has 1 aromatic rings. The van der Waals surface area contributed by atoms with Crippen LogP contribution in [0, 0.1) is 11.6 Å². The molecule has 0 aromatic heterocycles. The lowest BCUT2D eigenvalue weighted by Crippen LogP contribution is -1.93. The number of hydrogen-bond acceptors (Lipinski definition) is 0. The Labute approximate surface area is 107 Å². The van der Waals surface area contributed by atoms with Crippen molar-refractivity contribution in [1.82, 2.24) is 0 Å². The zero-order valence-electron chi connectivity index (χ0n) is 11.0. The highest BCUT2D eigenvalue weighted by molar-refractivity contribution is 5.75. The molecule has 96 valence electrons. The van der Waals surface area contributed by atoms with Gasteiger partial charge in [-0.15, -0.1) is 0 Å². The first-order valence-corrected chi connectivity index (χ1v) is 6.04. The molecule has 0 amide bonds. The average molecular weight is 248 g/mol. The van der Waals surface area contributed by atoms with Crippen LogP contribution in [0.2, 0.25) is 0 Å². The molecule has 0 atom stereocenters. The van der Waals surface area contributed by atoms with Crippen molar-refractivity contribution in [2.75, 3.05) is 0 Å². The van der Waals surface area contributed by atoms with E-state index in [1.165, 1.54) is 18.2 Å². The topological polar surface area (TPSA) is 0 Å². The van der Waals surface area contributed by atoms with E-state index < -0.39 is 11.6 Å². The van der Waals surface area contributed by atoms with Crippen molar-refractivity contribution in [3.05, 3.63) is 65.3 Å². The van der Waals surface area contributed by atoms with Crippen LogP contribution in [0.3, 0.4) is 0 Å². The van der Waals surface area contributed by atoms with Gasteiger partial charge in [-0.2, -0.15) is 0 Å². The van der Waals surface area contributed by atoms with E-state index in [1.807, 2.05) is 26.8 Å². The highest BCUT2D eigenvalue weighted by Gasteiger charge is 2.10. The van der Waals surface area contributed by atoms with Crippen LogP contribution in [-0.4, -0.2) is 0 Å². The highest BCUT2D eigenvalue weighted by atomic mass is 19.1. The molecule has 0 saturated carbocycles. The van der Waals surface area contributed by atoms with Gasteiger partial charge in [0.25, 0.3) is 0 Å². The molecular formula is C16H18F2. The largest absolute Gasteiger partial charge is 0.206 e. The Hall–Kier alpha value is -1.70. The molecule has 0 aliphatic rings. The molecule has 0 heterocycles. The third-order valence-corrected chi connectivity index (χ3v) is 2.70. The van der Waals surface area contributed by atoms with Gasteiger partial charge in [-0.05, 0) is 38.0 Å². The van der Waals surface area contributed by atoms with E-state index in [-0.39, 0.29) is 5.56 Å². The van der Waals surface area contributed by atoms with Crippen molar-refractivity contribution in [3.8, 4) is 0 Å². The van der Waals surface area contributed by atoms with Gasteiger partial charge < -0.3 is 0 Å². The first-order valence-electron chi connectivity index (χ1n) is 6.04. The third kappa shape index (κ3) is 3.66. The number of allylic oxidation sites excluding steroid dienone is 6. The van der Waals surface area contributed by atoms with Crippen molar-refractivity contribution in [1.29, 1.82) is 0 Å². The molecule has 0 bridgehead atoms. The van der Waals surface area contributed by atoms with Gasteiger partial charge in [0.05, 0.1) is 5.56 Å². The molecule has 0 nitrogen and oxygen atoms in total. The summed E-state index contributed by atoms with van der Waals surface area (Å²) in [5.74, 6) is -1.08. The molecule has 1 rings (SSSR count). The standard InChI is InChI=1S/C16H18F2/c1-4-7-13(11-10-12(3)5-2)16-14(17)8-6-9-15(16)18/h4,6-11H,5H2,1-3H3/b7-4-,12-10+,13-11+. The lowest BCUT2D eigenvalue weighted by molar-refractivity contribution is 0.577. The van der Waals surface area contributed by atoms with Gasteiger partial charge in [-0.1, -0.05) is 42.9 Å². The molecule has 0 N–H and O–H groups in total. The Morgan fingerprint density at radius 3 is 2.28 bits per heavy atom. The van der Waals surface area contributed by atoms with E-state index in [2.05, 4.69) is 0 Å². The van der Waals surface area contributed by atoms with Gasteiger partial charge in [0, 0.05) is 0 Å². The van der Waals surface area contributed by atoms with E-state index in [0.717, 1.165) is 12.0 Å². The number of rotatable bonds is 4. The lowest BCUT2D eigenvalue weighted by atomic mass is 10.0. The smallest absolute Gasteiger partial charge is 0.133 e. The fourth-order valence-electron chi connectivity index (χ4n) is 1.53. The van der Waals surface area contributed by atoms with Gasteiger partial charge in [0.15, 0.2) is 0 Å². The van der Waals surface area contributed by atoms with Crippen LogP contribution in [0.15, 0.2) is 48.1 Å². The summed E-state index contributed by atoms with van der Waals surface area (Å²) in [6.07, 6.45) is 8.04. The monoisotopic (exact) mass is 248 g/mol. The summed E-state index contributed by atoms with van der Waals surface area (Å²) < 4.78 is 27.4. The van der Waals surface area contributed by atoms with Crippen molar-refractivity contribution >= 4 is 5.57 Å². The van der Waals surface area contributed by atoms with E-state index in [0.29, 0.717) is 5.57 Å². The Balaban J connectivity index is 3.29. The van der Waals surface area contributed by atoms with E-state index in [9.17, 15) is 8.78 Å². The van der Waals surface area contributed by atoms with Crippen molar-refractivity contribution in [2.45, 2.75) is 27.2 Å². The predicted molar refractivity (Wildman–Crippen MR) is 73.2 cm³/mol. The maximum atomic E-state index is 13.7. The second-order valence-electron chi connectivity index (χ2n) is 4.09. The Bertz CT molecular complexity index is 474. The van der Waals surface area contributed by atoms with Crippen LogP contribution >= 0.6 is 0 Å². The van der Waals surface area contributed by atoms with Crippen molar-refractivity contribution < 1.29 is 8.78 Å². The molecular weight excluding hydrogens is 230 g/mol. The highest BCUT2D eigenvalue weighted by Crippen LogP contribution is 2.23. The van der Waals surface area contributed by atoms with E-state index in [4.69, 9.17) is 0 Å². The zero-order chi connectivity index (χ0) is 13.5. The lowest BCUT2D eigenvalue weighted by Gasteiger charge is -2.05. The van der Waals surface area contributed by atoms with Crippen LogP contribution in [0.25, 0.3) is 5.57 Å². The molecule has 0 aliphatic carbocycles. The van der Waals surface area contributed by atoms with E-state index in [1.54, 1.807) is 18.2 Å². The maximum Gasteiger partial charge on any atom is 0.133 e. The Morgan fingerprint density at radius 1 is 1.17 bits per heavy atom. The summed E-state index contributed by atoms with van der Waals surface area (Å²) in [5.41, 5.74) is 1.73. The fraction of sp³-hybridized carbons (Fsp3) is 0.250. The average Bonchev–Trinajstić information content (AvgIpc) is 2.35. The molecule has 0 spiro atoms. The maximum absolute atomic E-state index is 13.7. The van der Waals surface area contributed by atoms with Gasteiger partial charge in [0.2, 0.25) is 0 Å². The van der Waals surface area contributed by atoms with Crippen molar-refractivity contribution in [3.63, 3.8) is 0 Å². The third-order valence-electron chi connectivity index (χ3n) is 2.70. The molecule has 0 saturated heterocycles. The normalized spacial score (nSPS) is 13.4. The fourth-order valence-corrected chi connectivity index (χ4v) is 1.53. The minimum Gasteiger partial charge on any atom is -0.206 e. The van der Waals surface area contributed by atoms with Crippen LogP contribution in [0.1, 0.15) is 32.8 Å². The molecule has 18 heavy (non-hydrogen) atoms. The molecule has 0 unspecified atom stereocenters. The van der Waals surface area contributed by atoms with Gasteiger partial charge in [-0.3, -0.25) is 0 Å². The van der Waals surface area contributed by atoms with Crippen LogP contribution in [-0.2, 0) is 0 Å². The second kappa shape index (κ2) is 6.90. The number of hydrogen-bond donors (Lipinski definition) is 0. The molecule has 0 radical (unpaired) electrons. The minimum atomic E-state index is -0.540. The van der Waals surface area contributed by atoms with Gasteiger partial charge >= 0.3 is 0 Å². The van der Waals surface area contributed by atoms with Gasteiger partial charge in [0.1, 0.15) is 11.6 Å². The van der Waals surface area contributed by atoms with Gasteiger partial charge in [-0.25, -0.2) is 8.78 Å². The SMILES string of the molecule is C\C=C/C(=C\C=C(/C)CC)c1c(F)cccc1F.